The maximum atomic E-state index is 12.9. The summed E-state index contributed by atoms with van der Waals surface area (Å²) in [5, 5.41) is 7.34. The van der Waals surface area contributed by atoms with Crippen LogP contribution in [0.15, 0.2) is 39.9 Å². The van der Waals surface area contributed by atoms with Crippen LogP contribution in [0.4, 0.5) is 10.5 Å². The van der Waals surface area contributed by atoms with Crippen molar-refractivity contribution >= 4 is 33.1 Å². The average Bonchev–Trinajstić information content (AvgIpc) is 3.40. The quantitative estimate of drug-likeness (QED) is 0.723. The Hall–Kier alpha value is -2.30. The molecule has 3 heterocycles. The lowest BCUT2D eigenvalue weighted by Crippen LogP contribution is -2.45. The van der Waals surface area contributed by atoms with Crippen LogP contribution in [0.2, 0.25) is 0 Å². The summed E-state index contributed by atoms with van der Waals surface area (Å²) in [6.07, 6.45) is 3.22. The standard InChI is InChI=1S/C19H23N3O5S2/c23-19(21-14-6-7-16-17(12-14)27-13-26-16)20-9-8-15-4-1-2-10-22(15)29(24,25)18-5-3-11-28-18/h3,5-7,11-12,15H,1-2,4,8-10,13H2,(H2,20,21,23). The first-order valence-corrected chi connectivity index (χ1v) is 11.9. The van der Waals surface area contributed by atoms with Gasteiger partial charge in [0.15, 0.2) is 11.5 Å². The summed E-state index contributed by atoms with van der Waals surface area (Å²) in [5.74, 6) is 1.25. The van der Waals surface area contributed by atoms with E-state index in [9.17, 15) is 13.2 Å². The van der Waals surface area contributed by atoms with E-state index in [-0.39, 0.29) is 18.9 Å². The van der Waals surface area contributed by atoms with Crippen LogP contribution >= 0.6 is 11.3 Å². The summed E-state index contributed by atoms with van der Waals surface area (Å²) in [5.41, 5.74) is 0.603. The number of fused-ring (bicyclic) bond motifs is 1. The van der Waals surface area contributed by atoms with Crippen LogP contribution in [0.3, 0.4) is 0 Å². The third kappa shape index (κ3) is 4.49. The molecule has 29 heavy (non-hydrogen) atoms. The number of nitrogens with zero attached hydrogens (tertiary/aromatic N) is 1. The Morgan fingerprint density at radius 1 is 1.21 bits per heavy atom. The van der Waals surface area contributed by atoms with Crippen molar-refractivity contribution in [2.24, 2.45) is 0 Å². The summed E-state index contributed by atoms with van der Waals surface area (Å²) in [7, 11) is -3.48. The number of hydrogen-bond acceptors (Lipinski definition) is 6. The third-order valence-electron chi connectivity index (χ3n) is 5.02. The van der Waals surface area contributed by atoms with Gasteiger partial charge in [-0.2, -0.15) is 4.31 Å². The fraction of sp³-hybridized carbons (Fsp3) is 0.421. The number of thiophene rings is 1. The molecule has 2 aliphatic rings. The van der Waals surface area contributed by atoms with E-state index in [0.717, 1.165) is 19.3 Å². The Kier molecular flexibility index (Phi) is 5.93. The van der Waals surface area contributed by atoms with Gasteiger partial charge in [-0.3, -0.25) is 0 Å². The van der Waals surface area contributed by atoms with Crippen LogP contribution in [-0.2, 0) is 10.0 Å². The number of carbonyl (C=O) groups excluding carboxylic acids is 1. The molecule has 8 nitrogen and oxygen atoms in total. The minimum Gasteiger partial charge on any atom is -0.454 e. The summed E-state index contributed by atoms with van der Waals surface area (Å²) in [4.78, 5) is 12.2. The van der Waals surface area contributed by atoms with Crippen molar-refractivity contribution in [2.75, 3.05) is 25.2 Å². The lowest BCUT2D eigenvalue weighted by Gasteiger charge is -2.34. The van der Waals surface area contributed by atoms with Gasteiger partial charge in [0.05, 0.1) is 0 Å². The molecule has 2 N–H and O–H groups in total. The number of nitrogens with one attached hydrogen (secondary N) is 2. The number of amides is 2. The number of sulfonamides is 1. The molecule has 1 saturated heterocycles. The molecule has 1 aromatic carbocycles. The Morgan fingerprint density at radius 3 is 2.90 bits per heavy atom. The van der Waals surface area contributed by atoms with Gasteiger partial charge in [-0.25, -0.2) is 13.2 Å². The maximum absolute atomic E-state index is 12.9. The number of benzene rings is 1. The highest BCUT2D eigenvalue weighted by Crippen LogP contribution is 2.34. The number of carbonyl (C=O) groups is 1. The zero-order valence-corrected chi connectivity index (χ0v) is 17.4. The number of ether oxygens (including phenoxy) is 2. The summed E-state index contributed by atoms with van der Waals surface area (Å²) in [6, 6.07) is 8.13. The zero-order chi connectivity index (χ0) is 20.3. The van der Waals surface area contributed by atoms with Gasteiger partial charge in [-0.15, -0.1) is 11.3 Å². The van der Waals surface area contributed by atoms with Gasteiger partial charge in [-0.05, 0) is 42.8 Å². The van der Waals surface area contributed by atoms with Gasteiger partial charge in [-0.1, -0.05) is 12.5 Å². The number of rotatable bonds is 6. The SMILES string of the molecule is O=C(NCCC1CCCCN1S(=O)(=O)c1cccs1)Nc1ccc2c(c1)OCO2. The van der Waals surface area contributed by atoms with Crippen LogP contribution in [-0.4, -0.2) is 44.7 Å². The highest BCUT2D eigenvalue weighted by molar-refractivity contribution is 7.91. The lowest BCUT2D eigenvalue weighted by atomic mass is 10.0. The first-order valence-electron chi connectivity index (χ1n) is 9.54. The minimum absolute atomic E-state index is 0.110. The van der Waals surface area contributed by atoms with Crippen LogP contribution in [0.1, 0.15) is 25.7 Å². The molecule has 2 aromatic rings. The number of piperidine rings is 1. The van der Waals surface area contributed by atoms with E-state index in [2.05, 4.69) is 10.6 Å². The van der Waals surface area contributed by atoms with E-state index in [1.807, 2.05) is 0 Å². The van der Waals surface area contributed by atoms with Gasteiger partial charge in [0, 0.05) is 30.9 Å². The van der Waals surface area contributed by atoms with Crippen molar-refractivity contribution in [1.29, 1.82) is 0 Å². The molecule has 4 rings (SSSR count). The van der Waals surface area contributed by atoms with E-state index >= 15 is 0 Å². The summed E-state index contributed by atoms with van der Waals surface area (Å²) in [6.45, 7) is 1.09. The van der Waals surface area contributed by atoms with Crippen molar-refractivity contribution in [3.05, 3.63) is 35.7 Å². The second-order valence-corrected chi connectivity index (χ2v) is 10.0. The van der Waals surface area contributed by atoms with Crippen LogP contribution in [0.25, 0.3) is 0 Å². The van der Waals surface area contributed by atoms with E-state index in [0.29, 0.717) is 40.9 Å². The molecule has 10 heteroatoms. The number of hydrogen-bond donors (Lipinski definition) is 2. The molecule has 0 spiro atoms. The summed E-state index contributed by atoms with van der Waals surface area (Å²) < 4.78 is 38.3. The van der Waals surface area contributed by atoms with Gasteiger partial charge in [0.25, 0.3) is 10.0 Å². The first kappa shape index (κ1) is 20.0. The fourth-order valence-corrected chi connectivity index (χ4v) is 6.45. The molecule has 0 bridgehead atoms. The van der Waals surface area contributed by atoms with Crippen molar-refractivity contribution in [2.45, 2.75) is 35.9 Å². The second kappa shape index (κ2) is 8.60. The topological polar surface area (TPSA) is 97.0 Å². The Labute approximate surface area is 173 Å². The van der Waals surface area contributed by atoms with Crippen molar-refractivity contribution < 1.29 is 22.7 Å². The van der Waals surface area contributed by atoms with E-state index in [1.54, 1.807) is 40.0 Å². The molecular formula is C19H23N3O5S2. The molecule has 156 valence electrons. The van der Waals surface area contributed by atoms with Gasteiger partial charge in [0.1, 0.15) is 4.21 Å². The lowest BCUT2D eigenvalue weighted by molar-refractivity contribution is 0.174. The second-order valence-electron chi connectivity index (χ2n) is 6.94. The van der Waals surface area contributed by atoms with Crippen LogP contribution in [0.5, 0.6) is 11.5 Å². The molecule has 0 saturated carbocycles. The molecule has 1 unspecified atom stereocenters. The van der Waals surface area contributed by atoms with Gasteiger partial charge in [0.2, 0.25) is 6.79 Å². The number of urea groups is 1. The van der Waals surface area contributed by atoms with Crippen molar-refractivity contribution in [3.63, 3.8) is 0 Å². The van der Waals surface area contributed by atoms with Crippen LogP contribution < -0.4 is 20.1 Å². The highest BCUT2D eigenvalue weighted by Gasteiger charge is 2.33. The van der Waals surface area contributed by atoms with E-state index in [1.165, 1.54) is 11.3 Å². The van der Waals surface area contributed by atoms with E-state index < -0.39 is 10.0 Å². The van der Waals surface area contributed by atoms with Crippen LogP contribution in [0, 0.1) is 0 Å². The molecule has 0 radical (unpaired) electrons. The first-order chi connectivity index (χ1) is 14.0. The highest BCUT2D eigenvalue weighted by atomic mass is 32.2. The number of anilines is 1. The Balaban J connectivity index is 1.31. The molecule has 1 atom stereocenters. The van der Waals surface area contributed by atoms with Crippen molar-refractivity contribution in [3.8, 4) is 11.5 Å². The average molecular weight is 438 g/mol. The summed E-state index contributed by atoms with van der Waals surface area (Å²) >= 11 is 1.24. The van der Waals surface area contributed by atoms with E-state index in [4.69, 9.17) is 9.47 Å². The monoisotopic (exact) mass is 437 g/mol. The molecule has 0 aliphatic carbocycles. The smallest absolute Gasteiger partial charge is 0.319 e. The third-order valence-corrected chi connectivity index (χ3v) is 8.35. The van der Waals surface area contributed by atoms with Crippen molar-refractivity contribution in [1.82, 2.24) is 9.62 Å². The predicted octanol–water partition coefficient (Wildman–Crippen LogP) is 3.23. The molecule has 1 fully saturated rings. The Bertz CT molecular complexity index is 962. The predicted molar refractivity (Wildman–Crippen MR) is 110 cm³/mol. The Morgan fingerprint density at radius 2 is 2.07 bits per heavy atom. The molecular weight excluding hydrogens is 414 g/mol. The molecule has 1 aromatic heterocycles. The maximum Gasteiger partial charge on any atom is 0.319 e. The normalized spacial score (nSPS) is 19.1. The zero-order valence-electron chi connectivity index (χ0n) is 15.8. The van der Waals surface area contributed by atoms with Gasteiger partial charge < -0.3 is 20.1 Å². The van der Waals surface area contributed by atoms with Gasteiger partial charge >= 0.3 is 6.03 Å². The largest absolute Gasteiger partial charge is 0.454 e. The fourth-order valence-electron chi connectivity index (χ4n) is 3.61. The molecule has 2 amide bonds. The molecule has 2 aliphatic heterocycles. The minimum atomic E-state index is -3.48.